The van der Waals surface area contributed by atoms with Gasteiger partial charge in [-0.15, -0.1) is 0 Å². The molecule has 1 aromatic rings. The van der Waals surface area contributed by atoms with Gasteiger partial charge in [-0.2, -0.15) is 0 Å². The van der Waals surface area contributed by atoms with Gasteiger partial charge in [-0.25, -0.2) is 4.79 Å². The molecule has 2 unspecified atom stereocenters. The fourth-order valence-electron chi connectivity index (χ4n) is 5.54. The van der Waals surface area contributed by atoms with Crippen LogP contribution in [-0.4, -0.2) is 17.1 Å². The molecule has 4 saturated carbocycles. The molecule has 4 bridgehead atoms. The van der Waals surface area contributed by atoms with Crippen LogP contribution in [0.1, 0.15) is 44.1 Å². The highest BCUT2D eigenvalue weighted by molar-refractivity contribution is 5.75. The Kier molecular flexibility index (Phi) is 3.19. The summed E-state index contributed by atoms with van der Waals surface area (Å²) in [5.41, 5.74) is 7.61. The number of rotatable bonds is 3. The quantitative estimate of drug-likeness (QED) is 0.803. The van der Waals surface area contributed by atoms with Gasteiger partial charge < -0.3 is 16.4 Å². The van der Waals surface area contributed by atoms with Crippen molar-refractivity contribution in [3.05, 3.63) is 35.9 Å². The third-order valence-corrected chi connectivity index (χ3v) is 5.78. The Bertz CT molecular complexity index is 557. The summed E-state index contributed by atoms with van der Waals surface area (Å²) < 4.78 is 0. The summed E-state index contributed by atoms with van der Waals surface area (Å²) in [7, 11) is 0. The molecule has 5 rings (SSSR count). The highest BCUT2D eigenvalue weighted by atomic mass is 16.2. The second kappa shape index (κ2) is 4.98. The van der Waals surface area contributed by atoms with Gasteiger partial charge in [0.25, 0.3) is 0 Å². The van der Waals surface area contributed by atoms with Crippen LogP contribution in [0.5, 0.6) is 0 Å². The minimum Gasteiger partial charge on any atom is -0.334 e. The first-order chi connectivity index (χ1) is 10.5. The second-order valence-corrected chi connectivity index (χ2v) is 7.90. The number of hydrogen-bond acceptors (Lipinski definition) is 2. The molecule has 4 N–H and O–H groups in total. The number of carbonyl (C=O) groups excluding carboxylic acids is 1. The van der Waals surface area contributed by atoms with Crippen molar-refractivity contribution in [3.8, 4) is 0 Å². The van der Waals surface area contributed by atoms with E-state index in [4.69, 9.17) is 5.73 Å². The van der Waals surface area contributed by atoms with E-state index in [0.29, 0.717) is 18.4 Å². The summed E-state index contributed by atoms with van der Waals surface area (Å²) in [6.45, 7) is 0.573. The van der Waals surface area contributed by atoms with Crippen molar-refractivity contribution in [2.75, 3.05) is 0 Å². The van der Waals surface area contributed by atoms with Crippen LogP contribution in [0.15, 0.2) is 30.3 Å². The molecule has 1 aromatic carbocycles. The average Bonchev–Trinajstić information content (AvgIpc) is 2.43. The van der Waals surface area contributed by atoms with E-state index in [1.54, 1.807) is 0 Å². The second-order valence-electron chi connectivity index (χ2n) is 7.90. The number of nitrogens with one attached hydrogen (secondary N) is 2. The average molecular weight is 299 g/mol. The zero-order valence-electron chi connectivity index (χ0n) is 13.0. The number of benzene rings is 1. The molecule has 2 amide bonds. The Hall–Kier alpha value is -1.55. The molecule has 0 spiro atoms. The lowest BCUT2D eigenvalue weighted by Crippen LogP contribution is -2.68. The highest BCUT2D eigenvalue weighted by Crippen LogP contribution is 2.56. The molecule has 22 heavy (non-hydrogen) atoms. The topological polar surface area (TPSA) is 67.1 Å². The SMILES string of the molecule is NC12CC3CC(C1)CC(NC(=O)NCc1ccccc1)(C3)C2. The van der Waals surface area contributed by atoms with Crippen LogP contribution in [0, 0.1) is 11.8 Å². The van der Waals surface area contributed by atoms with Gasteiger partial charge >= 0.3 is 6.03 Å². The third kappa shape index (κ3) is 2.60. The minimum atomic E-state index is -0.0559. The van der Waals surface area contributed by atoms with Gasteiger partial charge in [-0.3, -0.25) is 0 Å². The molecule has 0 radical (unpaired) electrons. The molecule has 0 aromatic heterocycles. The summed E-state index contributed by atoms with van der Waals surface area (Å²) in [6, 6.07) is 9.98. The maximum absolute atomic E-state index is 12.3. The van der Waals surface area contributed by atoms with E-state index in [-0.39, 0.29) is 17.1 Å². The summed E-state index contributed by atoms with van der Waals surface area (Å²) in [5.74, 6) is 1.42. The van der Waals surface area contributed by atoms with Crippen LogP contribution >= 0.6 is 0 Å². The van der Waals surface area contributed by atoms with Gasteiger partial charge in [0.05, 0.1) is 0 Å². The van der Waals surface area contributed by atoms with Crippen molar-refractivity contribution in [3.63, 3.8) is 0 Å². The molecular formula is C18H25N3O. The van der Waals surface area contributed by atoms with Crippen molar-refractivity contribution in [2.24, 2.45) is 17.6 Å². The number of hydrogen-bond donors (Lipinski definition) is 3. The third-order valence-electron chi connectivity index (χ3n) is 5.78. The van der Waals surface area contributed by atoms with E-state index in [2.05, 4.69) is 10.6 Å². The zero-order valence-corrected chi connectivity index (χ0v) is 13.0. The molecule has 118 valence electrons. The summed E-state index contributed by atoms with van der Waals surface area (Å²) in [5, 5.41) is 6.29. The summed E-state index contributed by atoms with van der Waals surface area (Å²) in [6.07, 6.45) is 6.79. The smallest absolute Gasteiger partial charge is 0.315 e. The van der Waals surface area contributed by atoms with E-state index in [1.165, 1.54) is 6.42 Å². The van der Waals surface area contributed by atoms with Gasteiger partial charge in [-0.1, -0.05) is 30.3 Å². The maximum Gasteiger partial charge on any atom is 0.315 e. The summed E-state index contributed by atoms with van der Waals surface area (Å²) >= 11 is 0. The van der Waals surface area contributed by atoms with E-state index in [1.807, 2.05) is 30.3 Å². The van der Waals surface area contributed by atoms with E-state index < -0.39 is 0 Å². The molecule has 4 fully saturated rings. The van der Waals surface area contributed by atoms with Crippen LogP contribution in [0.4, 0.5) is 4.79 Å². The molecule has 0 aliphatic heterocycles. The Balaban J connectivity index is 1.39. The molecule has 2 atom stereocenters. The van der Waals surface area contributed by atoms with Crippen LogP contribution in [0.3, 0.4) is 0 Å². The van der Waals surface area contributed by atoms with Crippen LogP contribution < -0.4 is 16.4 Å². The first kappa shape index (κ1) is 14.1. The zero-order chi connectivity index (χ0) is 15.2. The van der Waals surface area contributed by atoms with Crippen molar-refractivity contribution in [1.82, 2.24) is 10.6 Å². The van der Waals surface area contributed by atoms with E-state index >= 15 is 0 Å². The number of nitrogens with two attached hydrogens (primary N) is 1. The molecule has 0 saturated heterocycles. The van der Waals surface area contributed by atoms with Gasteiger partial charge in [0.2, 0.25) is 0 Å². The van der Waals surface area contributed by atoms with Gasteiger partial charge in [0.15, 0.2) is 0 Å². The highest BCUT2D eigenvalue weighted by Gasteiger charge is 2.56. The van der Waals surface area contributed by atoms with Gasteiger partial charge in [-0.05, 0) is 55.9 Å². The Labute approximate surface area is 131 Å². The lowest BCUT2D eigenvalue weighted by Gasteiger charge is -2.60. The van der Waals surface area contributed by atoms with Crippen molar-refractivity contribution in [1.29, 1.82) is 0 Å². The predicted molar refractivity (Wildman–Crippen MR) is 86.1 cm³/mol. The Morgan fingerprint density at radius 3 is 2.45 bits per heavy atom. The molecular weight excluding hydrogens is 274 g/mol. The molecule has 4 aliphatic rings. The normalized spacial score (nSPS) is 38.8. The fraction of sp³-hybridized carbons (Fsp3) is 0.611. The van der Waals surface area contributed by atoms with Gasteiger partial charge in [0, 0.05) is 17.6 Å². The predicted octanol–water partition coefficient (Wildman–Crippen LogP) is 2.54. The van der Waals surface area contributed by atoms with Crippen LogP contribution in [-0.2, 0) is 6.54 Å². The first-order valence-electron chi connectivity index (χ1n) is 8.43. The standard InChI is InChI=1S/C18H25N3O/c19-17-7-14-6-15(8-17)10-18(9-14,12-17)21-16(22)20-11-13-4-2-1-3-5-13/h1-5,14-15H,6-12,19H2,(H2,20,21,22). The van der Waals surface area contributed by atoms with Crippen LogP contribution in [0.2, 0.25) is 0 Å². The largest absolute Gasteiger partial charge is 0.334 e. The molecule has 4 heteroatoms. The van der Waals surface area contributed by atoms with E-state index in [0.717, 1.165) is 37.7 Å². The Morgan fingerprint density at radius 2 is 1.82 bits per heavy atom. The van der Waals surface area contributed by atoms with Crippen molar-refractivity contribution >= 4 is 6.03 Å². The van der Waals surface area contributed by atoms with Gasteiger partial charge in [0.1, 0.15) is 0 Å². The Morgan fingerprint density at radius 1 is 1.14 bits per heavy atom. The first-order valence-corrected chi connectivity index (χ1v) is 8.43. The fourth-order valence-corrected chi connectivity index (χ4v) is 5.54. The lowest BCUT2D eigenvalue weighted by atomic mass is 9.50. The molecule has 0 heterocycles. The monoisotopic (exact) mass is 299 g/mol. The van der Waals surface area contributed by atoms with Crippen LogP contribution in [0.25, 0.3) is 0 Å². The molecule has 4 aliphatic carbocycles. The van der Waals surface area contributed by atoms with E-state index in [9.17, 15) is 4.79 Å². The van der Waals surface area contributed by atoms with Crippen molar-refractivity contribution < 1.29 is 4.79 Å². The molecule has 4 nitrogen and oxygen atoms in total. The number of carbonyl (C=O) groups is 1. The number of amides is 2. The minimum absolute atomic E-state index is 0.0310. The lowest BCUT2D eigenvalue weighted by molar-refractivity contribution is -0.0298. The van der Waals surface area contributed by atoms with Crippen molar-refractivity contribution in [2.45, 2.75) is 56.1 Å². The summed E-state index contributed by atoms with van der Waals surface area (Å²) in [4.78, 5) is 12.3. The number of urea groups is 1. The maximum atomic E-state index is 12.3.